The highest BCUT2D eigenvalue weighted by molar-refractivity contribution is 6.35. The van der Waals surface area contributed by atoms with E-state index in [9.17, 15) is 4.79 Å². The molecule has 0 radical (unpaired) electrons. The molecule has 1 saturated carbocycles. The van der Waals surface area contributed by atoms with Crippen LogP contribution in [0.5, 0.6) is 0 Å². The van der Waals surface area contributed by atoms with Gasteiger partial charge < -0.3 is 5.32 Å². The highest BCUT2D eigenvalue weighted by atomic mass is 35.5. The molecule has 5 heteroatoms. The fraction of sp³-hybridized carbons (Fsp3) is 0.571. The van der Waals surface area contributed by atoms with Crippen molar-refractivity contribution in [3.8, 4) is 0 Å². The van der Waals surface area contributed by atoms with Crippen molar-refractivity contribution < 1.29 is 4.79 Å². The molecule has 104 valence electrons. The fourth-order valence-electron chi connectivity index (χ4n) is 2.60. The summed E-state index contributed by atoms with van der Waals surface area (Å²) in [5.41, 5.74) is 0.394. The SMILES string of the molecule is CC1CCCCC1CNC(=O)c1cc(Cl)ncc1Cl. The smallest absolute Gasteiger partial charge is 0.252 e. The number of amides is 1. The van der Waals surface area contributed by atoms with Gasteiger partial charge in [-0.15, -0.1) is 0 Å². The Hall–Kier alpha value is -0.800. The molecular formula is C14H18Cl2N2O. The molecule has 0 aliphatic heterocycles. The lowest BCUT2D eigenvalue weighted by Gasteiger charge is -2.28. The van der Waals surface area contributed by atoms with Crippen molar-refractivity contribution in [2.75, 3.05) is 6.54 Å². The predicted octanol–water partition coefficient (Wildman–Crippen LogP) is 3.94. The first-order valence-electron chi connectivity index (χ1n) is 6.67. The molecule has 1 heterocycles. The van der Waals surface area contributed by atoms with Crippen LogP contribution in [0, 0.1) is 11.8 Å². The molecule has 2 atom stereocenters. The van der Waals surface area contributed by atoms with E-state index in [-0.39, 0.29) is 11.1 Å². The molecule has 19 heavy (non-hydrogen) atoms. The number of halogens is 2. The molecular weight excluding hydrogens is 283 g/mol. The van der Waals surface area contributed by atoms with Gasteiger partial charge in [0.2, 0.25) is 0 Å². The van der Waals surface area contributed by atoms with Gasteiger partial charge in [-0.2, -0.15) is 0 Å². The number of carbonyl (C=O) groups excluding carboxylic acids is 1. The van der Waals surface area contributed by atoms with Crippen LogP contribution in [-0.2, 0) is 0 Å². The first kappa shape index (κ1) is 14.6. The van der Waals surface area contributed by atoms with Crippen LogP contribution in [0.3, 0.4) is 0 Å². The van der Waals surface area contributed by atoms with Gasteiger partial charge in [0, 0.05) is 12.7 Å². The van der Waals surface area contributed by atoms with Crippen molar-refractivity contribution in [1.82, 2.24) is 10.3 Å². The van der Waals surface area contributed by atoms with Gasteiger partial charge in [-0.1, -0.05) is 49.4 Å². The lowest BCUT2D eigenvalue weighted by molar-refractivity contribution is 0.0936. The minimum Gasteiger partial charge on any atom is -0.352 e. The summed E-state index contributed by atoms with van der Waals surface area (Å²) in [4.78, 5) is 15.9. The number of aromatic nitrogens is 1. The van der Waals surface area contributed by atoms with E-state index in [1.165, 1.54) is 37.9 Å². The van der Waals surface area contributed by atoms with Crippen LogP contribution in [0.25, 0.3) is 0 Å². The Morgan fingerprint density at radius 3 is 2.89 bits per heavy atom. The molecule has 1 amide bonds. The zero-order chi connectivity index (χ0) is 13.8. The van der Waals surface area contributed by atoms with Crippen molar-refractivity contribution in [3.05, 3.63) is 28.0 Å². The number of nitrogens with one attached hydrogen (secondary N) is 1. The second-order valence-electron chi connectivity index (χ2n) is 5.22. The minimum atomic E-state index is -0.174. The maximum Gasteiger partial charge on any atom is 0.252 e. The summed E-state index contributed by atoms with van der Waals surface area (Å²) in [7, 11) is 0. The van der Waals surface area contributed by atoms with Crippen LogP contribution in [0.1, 0.15) is 43.0 Å². The van der Waals surface area contributed by atoms with Crippen LogP contribution in [0.15, 0.2) is 12.3 Å². The number of pyridine rings is 1. The van der Waals surface area contributed by atoms with Gasteiger partial charge in [0.25, 0.3) is 5.91 Å². The van der Waals surface area contributed by atoms with Crippen LogP contribution in [-0.4, -0.2) is 17.4 Å². The first-order chi connectivity index (χ1) is 9.08. The molecule has 0 aromatic carbocycles. The van der Waals surface area contributed by atoms with Crippen molar-refractivity contribution >= 4 is 29.1 Å². The van der Waals surface area contributed by atoms with Crippen molar-refractivity contribution in [2.45, 2.75) is 32.6 Å². The van der Waals surface area contributed by atoms with Crippen LogP contribution < -0.4 is 5.32 Å². The summed E-state index contributed by atoms with van der Waals surface area (Å²) >= 11 is 11.7. The lowest BCUT2D eigenvalue weighted by atomic mass is 9.80. The molecule has 1 aliphatic rings. The molecule has 2 unspecified atom stereocenters. The molecule has 3 nitrogen and oxygen atoms in total. The minimum absolute atomic E-state index is 0.174. The number of hydrogen-bond acceptors (Lipinski definition) is 2. The highest BCUT2D eigenvalue weighted by Gasteiger charge is 2.22. The Bertz CT molecular complexity index is 465. The molecule has 1 aromatic rings. The highest BCUT2D eigenvalue weighted by Crippen LogP contribution is 2.29. The Labute approximate surface area is 123 Å². The topological polar surface area (TPSA) is 42.0 Å². The van der Waals surface area contributed by atoms with Crippen LogP contribution >= 0.6 is 23.2 Å². The number of hydrogen-bond donors (Lipinski definition) is 1. The summed E-state index contributed by atoms with van der Waals surface area (Å²) < 4.78 is 0. The molecule has 1 N–H and O–H groups in total. The van der Waals surface area contributed by atoms with E-state index in [0.29, 0.717) is 29.0 Å². The second kappa shape index (κ2) is 6.58. The third-order valence-electron chi connectivity index (χ3n) is 3.88. The van der Waals surface area contributed by atoms with Gasteiger partial charge >= 0.3 is 0 Å². The van der Waals surface area contributed by atoms with E-state index >= 15 is 0 Å². The zero-order valence-corrected chi connectivity index (χ0v) is 12.5. The predicted molar refractivity (Wildman–Crippen MR) is 77.7 cm³/mol. The number of rotatable bonds is 3. The summed E-state index contributed by atoms with van der Waals surface area (Å²) in [6, 6.07) is 1.50. The normalized spacial score (nSPS) is 23.1. The van der Waals surface area contributed by atoms with Gasteiger partial charge in [-0.05, 0) is 24.3 Å². The zero-order valence-electron chi connectivity index (χ0n) is 11.0. The summed E-state index contributed by atoms with van der Waals surface area (Å²) in [6.45, 7) is 2.96. The first-order valence-corrected chi connectivity index (χ1v) is 7.42. The summed E-state index contributed by atoms with van der Waals surface area (Å²) in [6.07, 6.45) is 6.40. The Kier molecular flexibility index (Phi) is 5.06. The van der Waals surface area contributed by atoms with Gasteiger partial charge in [-0.3, -0.25) is 4.79 Å². The fourth-order valence-corrected chi connectivity index (χ4v) is 2.95. The average molecular weight is 301 g/mol. The molecule has 0 bridgehead atoms. The monoisotopic (exact) mass is 300 g/mol. The third-order valence-corrected chi connectivity index (χ3v) is 4.39. The van der Waals surface area contributed by atoms with Gasteiger partial charge in [0.15, 0.2) is 0 Å². The quantitative estimate of drug-likeness (QED) is 0.859. The van der Waals surface area contributed by atoms with Crippen LogP contribution in [0.4, 0.5) is 0 Å². The Morgan fingerprint density at radius 2 is 2.16 bits per heavy atom. The van der Waals surface area contributed by atoms with Gasteiger partial charge in [-0.25, -0.2) is 4.98 Å². The lowest BCUT2D eigenvalue weighted by Crippen LogP contribution is -2.33. The third kappa shape index (κ3) is 3.83. The molecule has 1 fully saturated rings. The Morgan fingerprint density at radius 1 is 1.42 bits per heavy atom. The average Bonchev–Trinajstić information content (AvgIpc) is 2.40. The Balaban J connectivity index is 1.95. The molecule has 2 rings (SSSR count). The summed E-state index contributed by atoms with van der Waals surface area (Å²) in [5.74, 6) is 1.06. The summed E-state index contributed by atoms with van der Waals surface area (Å²) in [5, 5.41) is 3.57. The second-order valence-corrected chi connectivity index (χ2v) is 6.01. The van der Waals surface area contributed by atoms with Crippen LogP contribution in [0.2, 0.25) is 10.2 Å². The van der Waals surface area contributed by atoms with Crippen molar-refractivity contribution in [3.63, 3.8) is 0 Å². The number of nitrogens with zero attached hydrogens (tertiary/aromatic N) is 1. The largest absolute Gasteiger partial charge is 0.352 e. The molecule has 1 aromatic heterocycles. The van der Waals surface area contributed by atoms with E-state index in [1.807, 2.05) is 0 Å². The standard InChI is InChI=1S/C14H18Cl2N2O/c1-9-4-2-3-5-10(9)7-18-14(19)11-6-13(16)17-8-12(11)15/h6,8-10H,2-5,7H2,1H3,(H,18,19). The maximum absolute atomic E-state index is 12.1. The van der Waals surface area contributed by atoms with E-state index in [1.54, 1.807) is 0 Å². The van der Waals surface area contributed by atoms with E-state index in [4.69, 9.17) is 23.2 Å². The molecule has 0 spiro atoms. The van der Waals surface area contributed by atoms with Gasteiger partial charge in [0.1, 0.15) is 5.15 Å². The van der Waals surface area contributed by atoms with E-state index in [2.05, 4.69) is 17.2 Å². The van der Waals surface area contributed by atoms with Gasteiger partial charge in [0.05, 0.1) is 10.6 Å². The van der Waals surface area contributed by atoms with E-state index in [0.717, 1.165) is 0 Å². The molecule has 1 aliphatic carbocycles. The molecule has 0 saturated heterocycles. The maximum atomic E-state index is 12.1. The van der Waals surface area contributed by atoms with E-state index < -0.39 is 0 Å². The van der Waals surface area contributed by atoms with Crippen molar-refractivity contribution in [2.24, 2.45) is 11.8 Å². The number of carbonyl (C=O) groups is 1. The van der Waals surface area contributed by atoms with Crippen molar-refractivity contribution in [1.29, 1.82) is 0 Å².